The second-order valence-electron chi connectivity index (χ2n) is 8.65. The largest absolute Gasteiger partial charge is 0.508 e. The Bertz CT molecular complexity index is 1060. The van der Waals surface area contributed by atoms with E-state index in [1.54, 1.807) is 12.1 Å². The van der Waals surface area contributed by atoms with Crippen LogP contribution in [0, 0.1) is 0 Å². The van der Waals surface area contributed by atoms with Crippen molar-refractivity contribution in [3.63, 3.8) is 0 Å². The van der Waals surface area contributed by atoms with E-state index in [2.05, 4.69) is 39.5 Å². The molecule has 1 aliphatic heterocycles. The third-order valence-electron chi connectivity index (χ3n) is 6.12. The molecule has 9 heteroatoms. The standard InChI is InChI=1S/C26H34ClN7O/c1-2-33(17-3-4-20-5-9-22(27)10-6-20)25-30-24(29-14-13-21-7-11-23(35)12-8-21)31-26(32-25)34-18-15-28-16-19-34/h5-12,28,35H,2-4,13-19H2,1H3,(H,29,30,31,32). The van der Waals surface area contributed by atoms with E-state index in [1.165, 1.54) is 5.56 Å². The number of benzene rings is 2. The Kier molecular flexibility index (Phi) is 8.97. The summed E-state index contributed by atoms with van der Waals surface area (Å²) in [5, 5.41) is 17.0. The maximum Gasteiger partial charge on any atom is 0.232 e. The first kappa shape index (κ1) is 25.0. The van der Waals surface area contributed by atoms with Crippen molar-refractivity contribution < 1.29 is 5.11 Å². The van der Waals surface area contributed by atoms with Gasteiger partial charge in [0.25, 0.3) is 0 Å². The summed E-state index contributed by atoms with van der Waals surface area (Å²) in [5.41, 5.74) is 2.42. The maximum absolute atomic E-state index is 9.50. The molecule has 0 saturated carbocycles. The van der Waals surface area contributed by atoms with Crippen molar-refractivity contribution in [2.75, 3.05) is 60.9 Å². The zero-order valence-electron chi connectivity index (χ0n) is 20.3. The van der Waals surface area contributed by atoms with E-state index in [9.17, 15) is 5.11 Å². The number of phenolic OH excluding ortho intramolecular Hbond substituents is 1. The molecule has 1 saturated heterocycles. The fourth-order valence-corrected chi connectivity index (χ4v) is 4.21. The van der Waals surface area contributed by atoms with Gasteiger partial charge in [-0.2, -0.15) is 15.0 Å². The number of anilines is 3. The number of rotatable bonds is 11. The summed E-state index contributed by atoms with van der Waals surface area (Å²) in [6, 6.07) is 15.3. The molecular weight excluding hydrogens is 462 g/mol. The molecule has 186 valence electrons. The lowest BCUT2D eigenvalue weighted by atomic mass is 10.1. The van der Waals surface area contributed by atoms with Crippen LogP contribution in [0.15, 0.2) is 48.5 Å². The van der Waals surface area contributed by atoms with Crippen LogP contribution >= 0.6 is 11.6 Å². The number of hydrogen-bond acceptors (Lipinski definition) is 8. The highest BCUT2D eigenvalue weighted by atomic mass is 35.5. The molecule has 2 heterocycles. The van der Waals surface area contributed by atoms with Gasteiger partial charge in [-0.15, -0.1) is 0 Å². The summed E-state index contributed by atoms with van der Waals surface area (Å²) >= 11 is 6.01. The van der Waals surface area contributed by atoms with Gasteiger partial charge in [-0.05, 0) is 61.6 Å². The number of aromatic nitrogens is 3. The Labute approximate surface area is 212 Å². The fourth-order valence-electron chi connectivity index (χ4n) is 4.09. The van der Waals surface area contributed by atoms with Gasteiger partial charge in [0.15, 0.2) is 0 Å². The first-order valence-corrected chi connectivity index (χ1v) is 12.7. The minimum absolute atomic E-state index is 0.278. The highest BCUT2D eigenvalue weighted by Crippen LogP contribution is 2.19. The third kappa shape index (κ3) is 7.44. The van der Waals surface area contributed by atoms with Gasteiger partial charge < -0.3 is 25.5 Å². The molecule has 3 aromatic rings. The molecule has 0 bridgehead atoms. The Morgan fingerprint density at radius 3 is 2.37 bits per heavy atom. The molecular formula is C26H34ClN7O. The van der Waals surface area contributed by atoms with Crippen LogP contribution in [0.5, 0.6) is 5.75 Å². The molecule has 1 aromatic heterocycles. The zero-order chi connectivity index (χ0) is 24.5. The predicted molar refractivity (Wildman–Crippen MR) is 143 cm³/mol. The number of piperazine rings is 1. The van der Waals surface area contributed by atoms with Crippen molar-refractivity contribution in [2.24, 2.45) is 0 Å². The third-order valence-corrected chi connectivity index (χ3v) is 6.37. The molecule has 3 N–H and O–H groups in total. The molecule has 35 heavy (non-hydrogen) atoms. The summed E-state index contributed by atoms with van der Waals surface area (Å²) in [6.07, 6.45) is 2.78. The van der Waals surface area contributed by atoms with Gasteiger partial charge in [-0.25, -0.2) is 0 Å². The van der Waals surface area contributed by atoms with Gasteiger partial charge in [0.1, 0.15) is 5.75 Å². The van der Waals surface area contributed by atoms with Crippen LogP contribution in [0.4, 0.5) is 17.8 Å². The average molecular weight is 496 g/mol. The molecule has 2 aromatic carbocycles. The van der Waals surface area contributed by atoms with Crippen molar-refractivity contribution in [3.8, 4) is 5.75 Å². The average Bonchev–Trinajstić information content (AvgIpc) is 2.89. The predicted octanol–water partition coefficient (Wildman–Crippen LogP) is 3.75. The fraction of sp³-hybridized carbons (Fsp3) is 0.423. The van der Waals surface area contributed by atoms with Crippen LogP contribution in [-0.4, -0.2) is 65.9 Å². The number of aromatic hydroxyl groups is 1. The lowest BCUT2D eigenvalue weighted by Gasteiger charge is -2.29. The molecule has 0 atom stereocenters. The van der Waals surface area contributed by atoms with E-state index < -0.39 is 0 Å². The van der Waals surface area contributed by atoms with E-state index in [0.717, 1.165) is 75.1 Å². The molecule has 8 nitrogen and oxygen atoms in total. The van der Waals surface area contributed by atoms with Crippen LogP contribution in [-0.2, 0) is 12.8 Å². The number of phenols is 1. The quantitative estimate of drug-likeness (QED) is 0.370. The van der Waals surface area contributed by atoms with E-state index in [4.69, 9.17) is 26.6 Å². The smallest absolute Gasteiger partial charge is 0.232 e. The summed E-state index contributed by atoms with van der Waals surface area (Å²) in [7, 11) is 0. The monoisotopic (exact) mass is 495 g/mol. The highest BCUT2D eigenvalue weighted by molar-refractivity contribution is 6.30. The molecule has 4 rings (SSSR count). The summed E-state index contributed by atoms with van der Waals surface area (Å²) in [4.78, 5) is 18.8. The van der Waals surface area contributed by atoms with Crippen molar-refractivity contribution in [3.05, 3.63) is 64.7 Å². The van der Waals surface area contributed by atoms with Gasteiger partial charge in [0.05, 0.1) is 0 Å². The molecule has 0 aliphatic carbocycles. The van der Waals surface area contributed by atoms with E-state index in [1.807, 2.05) is 24.3 Å². The second kappa shape index (κ2) is 12.6. The molecule has 0 unspecified atom stereocenters. The first-order chi connectivity index (χ1) is 17.1. The lowest BCUT2D eigenvalue weighted by Crippen LogP contribution is -2.44. The molecule has 0 amide bonds. The molecule has 0 radical (unpaired) electrons. The van der Waals surface area contributed by atoms with Gasteiger partial charge in [0.2, 0.25) is 17.8 Å². The second-order valence-corrected chi connectivity index (χ2v) is 9.09. The zero-order valence-corrected chi connectivity index (χ0v) is 21.0. The Hall–Kier alpha value is -3.10. The van der Waals surface area contributed by atoms with Crippen molar-refractivity contribution in [1.82, 2.24) is 20.3 Å². The number of nitrogens with one attached hydrogen (secondary N) is 2. The first-order valence-electron chi connectivity index (χ1n) is 12.3. The van der Waals surface area contributed by atoms with Gasteiger partial charge >= 0.3 is 0 Å². The van der Waals surface area contributed by atoms with Gasteiger partial charge in [-0.1, -0.05) is 35.9 Å². The maximum atomic E-state index is 9.50. The van der Waals surface area contributed by atoms with E-state index >= 15 is 0 Å². The van der Waals surface area contributed by atoms with E-state index in [-0.39, 0.29) is 5.75 Å². The topological polar surface area (TPSA) is 89.4 Å². The number of nitrogens with zero attached hydrogens (tertiary/aromatic N) is 5. The van der Waals surface area contributed by atoms with Crippen LogP contribution in [0.1, 0.15) is 24.5 Å². The van der Waals surface area contributed by atoms with Crippen molar-refractivity contribution in [2.45, 2.75) is 26.2 Å². The lowest BCUT2D eigenvalue weighted by molar-refractivity contribution is 0.475. The Balaban J connectivity index is 1.44. The highest BCUT2D eigenvalue weighted by Gasteiger charge is 2.18. The minimum Gasteiger partial charge on any atom is -0.508 e. The van der Waals surface area contributed by atoms with Crippen LogP contribution in [0.2, 0.25) is 5.02 Å². The van der Waals surface area contributed by atoms with Crippen LogP contribution < -0.4 is 20.4 Å². The van der Waals surface area contributed by atoms with Crippen LogP contribution in [0.3, 0.4) is 0 Å². The number of hydrogen-bond donors (Lipinski definition) is 3. The summed E-state index contributed by atoms with van der Waals surface area (Å²) < 4.78 is 0. The summed E-state index contributed by atoms with van der Waals surface area (Å²) in [6.45, 7) is 8.09. The Morgan fingerprint density at radius 2 is 1.66 bits per heavy atom. The normalized spacial score (nSPS) is 13.6. The van der Waals surface area contributed by atoms with Crippen LogP contribution in [0.25, 0.3) is 0 Å². The molecule has 1 fully saturated rings. The summed E-state index contributed by atoms with van der Waals surface area (Å²) in [5.74, 6) is 2.30. The number of halogens is 1. The minimum atomic E-state index is 0.278. The Morgan fingerprint density at radius 1 is 0.971 bits per heavy atom. The van der Waals surface area contributed by atoms with Gasteiger partial charge in [-0.3, -0.25) is 0 Å². The SMILES string of the molecule is CCN(CCCc1ccc(Cl)cc1)c1nc(NCCc2ccc(O)cc2)nc(N2CCNCC2)n1. The van der Waals surface area contributed by atoms with E-state index in [0.29, 0.717) is 18.4 Å². The van der Waals surface area contributed by atoms with Gasteiger partial charge in [0, 0.05) is 50.8 Å². The molecule has 1 aliphatic rings. The number of aryl methyl sites for hydroxylation is 1. The van der Waals surface area contributed by atoms with Crippen molar-refractivity contribution in [1.29, 1.82) is 0 Å². The van der Waals surface area contributed by atoms with Crippen molar-refractivity contribution >= 4 is 29.4 Å². The molecule has 0 spiro atoms.